The molecule has 3 N–H and O–H groups in total. The number of amides is 1. The summed E-state index contributed by atoms with van der Waals surface area (Å²) in [6.07, 6.45) is -0.293. The number of hydrogen-bond acceptors (Lipinski definition) is 8. The van der Waals surface area contributed by atoms with Crippen molar-refractivity contribution in [2.24, 2.45) is 5.41 Å². The van der Waals surface area contributed by atoms with Crippen LogP contribution in [0.25, 0.3) is 10.9 Å². The minimum atomic E-state index is -4.45. The number of nitrogens with one attached hydrogen (secondary N) is 3. The molecule has 2 saturated heterocycles. The second-order valence-electron chi connectivity index (χ2n) is 12.7. The molecule has 3 aliphatic rings. The van der Waals surface area contributed by atoms with E-state index in [9.17, 15) is 26.4 Å². The van der Waals surface area contributed by atoms with Gasteiger partial charge in [0, 0.05) is 54.7 Å². The Bertz CT molecular complexity index is 1810. The van der Waals surface area contributed by atoms with E-state index < -0.39 is 28.7 Å². The molecule has 1 amide bonds. The van der Waals surface area contributed by atoms with Gasteiger partial charge in [0.2, 0.25) is 5.91 Å². The minimum Gasteiger partial charge on any atom is -0.495 e. The molecule has 0 radical (unpaired) electrons. The van der Waals surface area contributed by atoms with E-state index in [0.29, 0.717) is 28.0 Å². The number of nitrogens with zero attached hydrogens (tertiary/aromatic N) is 2. The van der Waals surface area contributed by atoms with Crippen LogP contribution >= 0.6 is 0 Å². The number of hydrogen-bond donors (Lipinski definition) is 3. The first-order valence-corrected chi connectivity index (χ1v) is 17.0. The molecule has 0 atom stereocenters. The standard InChI is InChI=1S/C33H38F3N5O5S/c1-22(42)39-47(43,44)26-12-13-29(31(16-26)45-2)37-14-4-5-25-15-27-28(6-3-7-30(27)41(25)19-33(34,35)36)38-23-8-10-24(11-9-23)40-17-32(18-40)20-46-21-32/h3,6-7,12-13,15-16,23-24,37-38H,8-11,14,17-21H2,1-2H3,(H,39,42)/t23-,24+. The molecule has 0 bridgehead atoms. The van der Waals surface area contributed by atoms with Gasteiger partial charge in [-0.25, -0.2) is 13.1 Å². The molecule has 47 heavy (non-hydrogen) atoms. The van der Waals surface area contributed by atoms with E-state index in [0.717, 1.165) is 64.6 Å². The van der Waals surface area contributed by atoms with Crippen molar-refractivity contribution in [3.8, 4) is 17.6 Å². The van der Waals surface area contributed by atoms with Crippen molar-refractivity contribution in [2.45, 2.75) is 62.3 Å². The first kappa shape index (κ1) is 33.0. The summed E-state index contributed by atoms with van der Waals surface area (Å²) in [4.78, 5) is 13.7. The van der Waals surface area contributed by atoms with Crippen LogP contribution in [0.15, 0.2) is 47.4 Å². The van der Waals surface area contributed by atoms with Crippen molar-refractivity contribution in [2.75, 3.05) is 50.6 Å². The number of benzene rings is 2. The van der Waals surface area contributed by atoms with Gasteiger partial charge in [0.25, 0.3) is 10.0 Å². The molecule has 1 spiro atoms. The number of carbonyl (C=O) groups is 1. The van der Waals surface area contributed by atoms with E-state index in [2.05, 4.69) is 27.4 Å². The predicted molar refractivity (Wildman–Crippen MR) is 172 cm³/mol. The summed E-state index contributed by atoms with van der Waals surface area (Å²) in [6.45, 7) is 3.94. The van der Waals surface area contributed by atoms with E-state index >= 15 is 0 Å². The van der Waals surface area contributed by atoms with Crippen LogP contribution in [0.1, 0.15) is 38.3 Å². The lowest BCUT2D eigenvalue weighted by atomic mass is 9.75. The highest BCUT2D eigenvalue weighted by molar-refractivity contribution is 7.90. The molecule has 3 heterocycles. The van der Waals surface area contributed by atoms with Crippen LogP contribution in [-0.4, -0.2) is 82.0 Å². The number of carbonyl (C=O) groups excluding carboxylic acids is 1. The first-order valence-electron chi connectivity index (χ1n) is 15.6. The van der Waals surface area contributed by atoms with Crippen LogP contribution in [0.4, 0.5) is 24.5 Å². The number of aromatic nitrogens is 1. The fourth-order valence-corrected chi connectivity index (χ4v) is 7.83. The Morgan fingerprint density at radius 1 is 1.09 bits per heavy atom. The Hall–Kier alpha value is -3.93. The molecule has 2 aliphatic heterocycles. The van der Waals surface area contributed by atoms with Gasteiger partial charge in [-0.2, -0.15) is 13.2 Å². The smallest absolute Gasteiger partial charge is 0.406 e. The summed E-state index contributed by atoms with van der Waals surface area (Å²) in [5.74, 6) is 5.24. The molecular weight excluding hydrogens is 635 g/mol. The zero-order chi connectivity index (χ0) is 33.4. The molecule has 3 fully saturated rings. The maximum absolute atomic E-state index is 13.7. The third kappa shape index (κ3) is 7.32. The Kier molecular flexibility index (Phi) is 9.08. The van der Waals surface area contributed by atoms with Gasteiger partial charge in [-0.3, -0.25) is 9.69 Å². The maximum atomic E-state index is 13.7. The highest BCUT2D eigenvalue weighted by atomic mass is 32.2. The van der Waals surface area contributed by atoms with E-state index in [-0.39, 0.29) is 28.9 Å². The molecule has 0 unspecified atom stereocenters. The first-order chi connectivity index (χ1) is 22.3. The predicted octanol–water partition coefficient (Wildman–Crippen LogP) is 4.56. The van der Waals surface area contributed by atoms with Crippen LogP contribution in [0, 0.1) is 17.3 Å². The quantitative estimate of drug-likeness (QED) is 0.284. The van der Waals surface area contributed by atoms with Gasteiger partial charge in [-0.15, -0.1) is 0 Å². The second kappa shape index (κ2) is 12.9. The Balaban J connectivity index is 1.15. The zero-order valence-electron chi connectivity index (χ0n) is 26.2. The molecular formula is C33H38F3N5O5S. The summed E-state index contributed by atoms with van der Waals surface area (Å²) < 4.78 is 79.6. The van der Waals surface area contributed by atoms with Crippen molar-refractivity contribution in [3.63, 3.8) is 0 Å². The molecule has 1 aliphatic carbocycles. The second-order valence-corrected chi connectivity index (χ2v) is 14.4. The number of fused-ring (bicyclic) bond motifs is 1. The van der Waals surface area contributed by atoms with E-state index in [1.54, 1.807) is 18.2 Å². The van der Waals surface area contributed by atoms with Gasteiger partial charge in [0.05, 0.1) is 48.7 Å². The zero-order valence-corrected chi connectivity index (χ0v) is 27.1. The highest BCUT2D eigenvalue weighted by Gasteiger charge is 2.50. The summed E-state index contributed by atoms with van der Waals surface area (Å²) in [7, 11) is -2.70. The third-order valence-electron chi connectivity index (χ3n) is 9.09. The van der Waals surface area contributed by atoms with Crippen molar-refractivity contribution >= 4 is 38.2 Å². The van der Waals surface area contributed by atoms with Crippen molar-refractivity contribution < 1.29 is 35.9 Å². The number of rotatable bonds is 9. The number of anilines is 2. The molecule has 1 aromatic heterocycles. The Morgan fingerprint density at radius 3 is 2.47 bits per heavy atom. The lowest BCUT2D eigenvalue weighted by Crippen LogP contribution is -2.68. The average molecular weight is 674 g/mol. The molecule has 3 aromatic rings. The normalized spacial score (nSPS) is 20.9. The highest BCUT2D eigenvalue weighted by Crippen LogP contribution is 2.41. The van der Waals surface area contributed by atoms with Gasteiger partial charge in [0.15, 0.2) is 0 Å². The fraction of sp³-hybridized carbons (Fsp3) is 0.485. The topological polar surface area (TPSA) is 114 Å². The van der Waals surface area contributed by atoms with Gasteiger partial charge < -0.3 is 24.7 Å². The SMILES string of the molecule is COc1cc(S(=O)(=O)NC(C)=O)ccc1NCC#Cc1cc2c(N[C@H]3CC[C@@H](N4CC5(COC5)C4)CC3)cccc2n1CC(F)(F)F. The van der Waals surface area contributed by atoms with Gasteiger partial charge in [-0.05, 0) is 61.9 Å². The van der Waals surface area contributed by atoms with Gasteiger partial charge in [-0.1, -0.05) is 12.0 Å². The summed E-state index contributed by atoms with van der Waals surface area (Å²) in [6, 6.07) is 11.9. The number of alkyl halides is 3. The average Bonchev–Trinajstić information content (AvgIpc) is 3.30. The lowest BCUT2D eigenvalue weighted by molar-refractivity contribution is -0.200. The fourth-order valence-electron chi connectivity index (χ4n) is 6.82. The maximum Gasteiger partial charge on any atom is 0.406 e. The third-order valence-corrected chi connectivity index (χ3v) is 10.5. The number of sulfonamides is 1. The van der Waals surface area contributed by atoms with Gasteiger partial charge in [0.1, 0.15) is 12.3 Å². The lowest BCUT2D eigenvalue weighted by Gasteiger charge is -2.58. The van der Waals surface area contributed by atoms with Crippen LogP contribution in [0.2, 0.25) is 0 Å². The van der Waals surface area contributed by atoms with E-state index in [1.807, 2.05) is 10.8 Å². The number of halogens is 3. The molecule has 1 saturated carbocycles. The molecule has 252 valence electrons. The largest absolute Gasteiger partial charge is 0.495 e. The monoisotopic (exact) mass is 673 g/mol. The summed E-state index contributed by atoms with van der Waals surface area (Å²) in [5, 5.41) is 7.32. The number of ether oxygens (including phenoxy) is 2. The minimum absolute atomic E-state index is 0.0429. The van der Waals surface area contributed by atoms with Crippen LogP contribution in [0.5, 0.6) is 5.75 Å². The van der Waals surface area contributed by atoms with Crippen LogP contribution in [-0.2, 0) is 26.1 Å². The molecule has 10 nitrogen and oxygen atoms in total. The van der Waals surface area contributed by atoms with E-state index in [4.69, 9.17) is 9.47 Å². The summed E-state index contributed by atoms with van der Waals surface area (Å²) >= 11 is 0. The van der Waals surface area contributed by atoms with E-state index in [1.165, 1.54) is 29.9 Å². The number of likely N-dealkylation sites (tertiary alicyclic amines) is 1. The van der Waals surface area contributed by atoms with Crippen molar-refractivity contribution in [1.82, 2.24) is 14.2 Å². The van der Waals surface area contributed by atoms with Crippen molar-refractivity contribution in [1.29, 1.82) is 0 Å². The van der Waals surface area contributed by atoms with Crippen LogP contribution in [0.3, 0.4) is 0 Å². The number of methoxy groups -OCH3 is 1. The molecule has 14 heteroatoms. The molecule has 6 rings (SSSR count). The Morgan fingerprint density at radius 2 is 1.83 bits per heavy atom. The van der Waals surface area contributed by atoms with Crippen LogP contribution < -0.4 is 20.1 Å². The summed E-state index contributed by atoms with van der Waals surface area (Å²) in [5.41, 5.74) is 2.29. The van der Waals surface area contributed by atoms with Gasteiger partial charge >= 0.3 is 6.18 Å². The van der Waals surface area contributed by atoms with Crippen molar-refractivity contribution in [3.05, 3.63) is 48.2 Å². The Labute approximate surface area is 272 Å². The molecule has 2 aromatic carbocycles.